The van der Waals surface area contributed by atoms with Crippen molar-refractivity contribution in [1.82, 2.24) is 9.88 Å². The molecule has 2 aromatic heterocycles. The Morgan fingerprint density at radius 3 is 2.88 bits per heavy atom. The third-order valence-corrected chi connectivity index (χ3v) is 3.80. The van der Waals surface area contributed by atoms with Crippen molar-refractivity contribution in [2.75, 3.05) is 13.7 Å². The molecular formula is C18H18N2O5. The van der Waals surface area contributed by atoms with Crippen molar-refractivity contribution in [3.05, 3.63) is 58.8 Å². The first-order valence-electron chi connectivity index (χ1n) is 7.75. The summed E-state index contributed by atoms with van der Waals surface area (Å²) in [4.78, 5) is 23.5. The number of rotatable bonds is 5. The van der Waals surface area contributed by atoms with E-state index in [1.807, 2.05) is 35.0 Å². The van der Waals surface area contributed by atoms with Gasteiger partial charge in [-0.1, -0.05) is 0 Å². The molecule has 3 aromatic rings. The number of ether oxygens (including phenoxy) is 2. The fourth-order valence-corrected chi connectivity index (χ4v) is 2.53. The van der Waals surface area contributed by atoms with Gasteiger partial charge in [0.05, 0.1) is 13.4 Å². The number of benzene rings is 1. The van der Waals surface area contributed by atoms with Crippen molar-refractivity contribution in [3.63, 3.8) is 0 Å². The zero-order valence-electron chi connectivity index (χ0n) is 13.9. The van der Waals surface area contributed by atoms with Crippen LogP contribution in [0.1, 0.15) is 5.76 Å². The quantitative estimate of drug-likeness (QED) is 0.771. The van der Waals surface area contributed by atoms with Crippen LogP contribution >= 0.6 is 0 Å². The fraction of sp³-hybridized carbons (Fsp3) is 0.222. The maximum atomic E-state index is 11.9. The van der Waals surface area contributed by atoms with Crippen LogP contribution in [-0.2, 0) is 6.54 Å². The van der Waals surface area contributed by atoms with E-state index in [1.54, 1.807) is 14.0 Å². The largest absolute Gasteiger partial charge is 0.497 e. The summed E-state index contributed by atoms with van der Waals surface area (Å²) >= 11 is 0. The first kappa shape index (κ1) is 16.6. The summed E-state index contributed by atoms with van der Waals surface area (Å²) in [5.41, 5.74) is 0.639. The molecule has 7 nitrogen and oxygen atoms in total. The Kier molecular flexibility index (Phi) is 4.74. The van der Waals surface area contributed by atoms with Gasteiger partial charge >= 0.3 is 6.09 Å². The molecule has 0 radical (unpaired) electrons. The zero-order valence-corrected chi connectivity index (χ0v) is 13.9. The minimum Gasteiger partial charge on any atom is -0.497 e. The smallest absolute Gasteiger partial charge is 0.412 e. The average molecular weight is 342 g/mol. The first-order chi connectivity index (χ1) is 12.1. The van der Waals surface area contributed by atoms with Gasteiger partial charge in [0, 0.05) is 36.3 Å². The van der Waals surface area contributed by atoms with E-state index >= 15 is 0 Å². The van der Waals surface area contributed by atoms with Gasteiger partial charge < -0.3 is 23.8 Å². The molecule has 0 unspecified atom stereocenters. The zero-order chi connectivity index (χ0) is 17.8. The van der Waals surface area contributed by atoms with Crippen LogP contribution in [0.3, 0.4) is 0 Å². The van der Waals surface area contributed by atoms with E-state index in [0.29, 0.717) is 13.1 Å². The van der Waals surface area contributed by atoms with Crippen LogP contribution in [0.25, 0.3) is 10.9 Å². The van der Waals surface area contributed by atoms with Crippen molar-refractivity contribution >= 4 is 17.0 Å². The average Bonchev–Trinajstić information content (AvgIpc) is 3.00. The fourth-order valence-electron chi connectivity index (χ4n) is 2.53. The minimum atomic E-state index is -0.695. The second kappa shape index (κ2) is 7.12. The number of aromatic nitrogens is 1. The van der Waals surface area contributed by atoms with Gasteiger partial charge in [0.15, 0.2) is 0 Å². The topological polar surface area (TPSA) is 82.7 Å². The molecule has 7 heteroatoms. The Labute approximate surface area is 143 Å². The van der Waals surface area contributed by atoms with Crippen molar-refractivity contribution in [3.8, 4) is 11.5 Å². The van der Waals surface area contributed by atoms with E-state index in [2.05, 4.69) is 5.32 Å². The molecule has 0 fully saturated rings. The van der Waals surface area contributed by atoms with Gasteiger partial charge in [0.25, 0.3) is 0 Å². The molecule has 25 heavy (non-hydrogen) atoms. The predicted molar refractivity (Wildman–Crippen MR) is 92.2 cm³/mol. The maximum Gasteiger partial charge on any atom is 0.412 e. The van der Waals surface area contributed by atoms with Gasteiger partial charge in [0.2, 0.25) is 11.2 Å². The second-order valence-electron chi connectivity index (χ2n) is 5.42. The van der Waals surface area contributed by atoms with Crippen molar-refractivity contribution < 1.29 is 18.7 Å². The normalized spacial score (nSPS) is 10.6. The molecule has 0 aliphatic carbocycles. The summed E-state index contributed by atoms with van der Waals surface area (Å²) < 4.78 is 17.3. The Balaban J connectivity index is 1.59. The van der Waals surface area contributed by atoms with Crippen LogP contribution in [0.2, 0.25) is 0 Å². The number of nitrogens with zero attached hydrogens (tertiary/aromatic N) is 1. The minimum absolute atomic E-state index is 0.0986. The van der Waals surface area contributed by atoms with Crippen molar-refractivity contribution in [2.45, 2.75) is 13.5 Å². The Morgan fingerprint density at radius 1 is 1.28 bits per heavy atom. The summed E-state index contributed by atoms with van der Waals surface area (Å²) in [5.74, 6) is 0.954. The van der Waals surface area contributed by atoms with Gasteiger partial charge in [-0.2, -0.15) is 0 Å². The maximum absolute atomic E-state index is 11.9. The molecule has 0 spiro atoms. The van der Waals surface area contributed by atoms with E-state index in [4.69, 9.17) is 13.9 Å². The monoisotopic (exact) mass is 342 g/mol. The number of aryl methyl sites for hydroxylation is 1. The van der Waals surface area contributed by atoms with E-state index in [-0.39, 0.29) is 11.5 Å². The number of nitrogens with one attached hydrogen (secondary N) is 1. The number of methoxy groups -OCH3 is 1. The molecule has 0 saturated carbocycles. The lowest BCUT2D eigenvalue weighted by Crippen LogP contribution is -2.31. The number of fused-ring (bicyclic) bond motifs is 1. The van der Waals surface area contributed by atoms with Crippen LogP contribution < -0.4 is 20.2 Å². The molecule has 1 amide bonds. The van der Waals surface area contributed by atoms with Crippen molar-refractivity contribution in [1.29, 1.82) is 0 Å². The van der Waals surface area contributed by atoms with Crippen LogP contribution in [-0.4, -0.2) is 24.3 Å². The summed E-state index contributed by atoms with van der Waals surface area (Å²) in [5, 5.41) is 3.68. The third-order valence-electron chi connectivity index (χ3n) is 3.80. The van der Waals surface area contributed by atoms with Crippen molar-refractivity contribution in [2.24, 2.45) is 0 Å². The highest BCUT2D eigenvalue weighted by Crippen LogP contribution is 2.21. The van der Waals surface area contributed by atoms with Gasteiger partial charge in [-0.3, -0.25) is 4.79 Å². The molecule has 1 aromatic carbocycles. The van der Waals surface area contributed by atoms with Crippen LogP contribution in [0.4, 0.5) is 4.79 Å². The first-order valence-corrected chi connectivity index (χ1v) is 7.75. The number of amides is 1. The molecule has 130 valence electrons. The van der Waals surface area contributed by atoms with Crippen LogP contribution in [0.15, 0.2) is 52.0 Å². The Hall–Kier alpha value is -3.22. The highest BCUT2D eigenvalue weighted by molar-refractivity contribution is 5.81. The van der Waals surface area contributed by atoms with E-state index in [1.165, 1.54) is 12.3 Å². The number of carbonyl (C=O) groups is 1. The highest BCUT2D eigenvalue weighted by Gasteiger charge is 2.12. The lowest BCUT2D eigenvalue weighted by atomic mass is 10.2. The molecule has 2 heterocycles. The standard InChI is InChI=1S/C18H18N2O5/c1-12-17(16(21)6-10-24-12)25-18(22)19-7-9-20-8-5-13-11-14(23-2)3-4-15(13)20/h3-6,8,10-11H,7,9H2,1-2H3,(H,19,22). The van der Waals surface area contributed by atoms with Crippen LogP contribution in [0, 0.1) is 6.92 Å². The SMILES string of the molecule is COc1ccc2c(ccn2CCNC(=O)Oc2c(C)occc2=O)c1. The van der Waals surface area contributed by atoms with Gasteiger partial charge in [-0.25, -0.2) is 4.79 Å². The second-order valence-corrected chi connectivity index (χ2v) is 5.42. The number of hydrogen-bond donors (Lipinski definition) is 1. The van der Waals surface area contributed by atoms with E-state index in [0.717, 1.165) is 16.7 Å². The van der Waals surface area contributed by atoms with E-state index in [9.17, 15) is 9.59 Å². The molecule has 1 N–H and O–H groups in total. The lowest BCUT2D eigenvalue weighted by Gasteiger charge is -2.09. The molecule has 0 aliphatic heterocycles. The molecule has 0 aliphatic rings. The molecular weight excluding hydrogens is 324 g/mol. The number of carbonyl (C=O) groups excluding carboxylic acids is 1. The van der Waals surface area contributed by atoms with E-state index < -0.39 is 11.5 Å². The lowest BCUT2D eigenvalue weighted by molar-refractivity contribution is 0.197. The van der Waals surface area contributed by atoms with Gasteiger partial charge in [-0.05, 0) is 31.2 Å². The third kappa shape index (κ3) is 3.65. The molecule has 0 bridgehead atoms. The molecule has 0 atom stereocenters. The Morgan fingerprint density at radius 2 is 2.12 bits per heavy atom. The Bertz CT molecular complexity index is 957. The summed E-state index contributed by atoms with van der Waals surface area (Å²) in [6, 6.07) is 8.98. The van der Waals surface area contributed by atoms with Gasteiger partial charge in [-0.15, -0.1) is 0 Å². The molecule has 0 saturated heterocycles. The summed E-state index contributed by atoms with van der Waals surface area (Å²) in [6.45, 7) is 2.48. The van der Waals surface area contributed by atoms with Gasteiger partial charge in [0.1, 0.15) is 11.5 Å². The summed E-state index contributed by atoms with van der Waals surface area (Å²) in [7, 11) is 1.63. The summed E-state index contributed by atoms with van der Waals surface area (Å²) in [6.07, 6.45) is 2.50. The number of hydrogen-bond acceptors (Lipinski definition) is 5. The molecule has 3 rings (SSSR count). The predicted octanol–water partition coefficient (Wildman–Crippen LogP) is 2.70. The van der Waals surface area contributed by atoms with Crippen LogP contribution in [0.5, 0.6) is 11.5 Å². The highest BCUT2D eigenvalue weighted by atomic mass is 16.6.